The van der Waals surface area contributed by atoms with Gasteiger partial charge in [0.25, 0.3) is 10.0 Å². The molecule has 220 valence electrons. The van der Waals surface area contributed by atoms with E-state index >= 15 is 0 Å². The zero-order chi connectivity index (χ0) is 30.2. The highest BCUT2D eigenvalue weighted by Gasteiger charge is 2.33. The predicted molar refractivity (Wildman–Crippen MR) is 160 cm³/mol. The number of anilines is 1. The minimum absolute atomic E-state index is 0.0673. The highest BCUT2D eigenvalue weighted by molar-refractivity contribution is 7.92. The third-order valence-electron chi connectivity index (χ3n) is 6.73. The van der Waals surface area contributed by atoms with Gasteiger partial charge in [0.15, 0.2) is 11.5 Å². The molecule has 2 amide bonds. The number of aryl methyl sites for hydroxylation is 2. The van der Waals surface area contributed by atoms with E-state index in [1.165, 1.54) is 37.3 Å². The Labute approximate surface area is 243 Å². The molecule has 41 heavy (non-hydrogen) atoms. The summed E-state index contributed by atoms with van der Waals surface area (Å²) in [5, 5.41) is 2.84. The standard InChI is InChI=1S/C31H39N3O6S/c1-7-18-32-31(36)24(4)33(20-25-12-8-22(2)9-13-25)30(35)21-34(26-14-10-23(3)11-15-26)41(37,38)27-16-17-28(39-5)29(19-27)40-6/h8-17,19,24H,7,18,20-21H2,1-6H3,(H,32,36). The van der Waals surface area contributed by atoms with Gasteiger partial charge >= 0.3 is 0 Å². The minimum atomic E-state index is -4.24. The van der Waals surface area contributed by atoms with E-state index in [0.717, 1.165) is 27.4 Å². The lowest BCUT2D eigenvalue weighted by Gasteiger charge is -2.32. The molecule has 3 rings (SSSR count). The lowest BCUT2D eigenvalue weighted by atomic mass is 10.1. The number of nitrogens with zero attached hydrogens (tertiary/aromatic N) is 2. The summed E-state index contributed by atoms with van der Waals surface area (Å²) in [6, 6.07) is 18.0. The van der Waals surface area contributed by atoms with Gasteiger partial charge in [0.1, 0.15) is 12.6 Å². The summed E-state index contributed by atoms with van der Waals surface area (Å²) >= 11 is 0. The first-order chi connectivity index (χ1) is 19.5. The van der Waals surface area contributed by atoms with E-state index in [1.807, 2.05) is 45.0 Å². The zero-order valence-electron chi connectivity index (χ0n) is 24.5. The van der Waals surface area contributed by atoms with Gasteiger partial charge in [-0.15, -0.1) is 0 Å². The van der Waals surface area contributed by atoms with Crippen molar-refractivity contribution in [2.75, 3.05) is 31.6 Å². The maximum absolute atomic E-state index is 14.1. The molecule has 0 fully saturated rings. The first kappa shape index (κ1) is 31.5. The van der Waals surface area contributed by atoms with Gasteiger partial charge < -0.3 is 19.7 Å². The summed E-state index contributed by atoms with van der Waals surface area (Å²) in [7, 11) is -1.36. The second-order valence-electron chi connectivity index (χ2n) is 9.84. The summed E-state index contributed by atoms with van der Waals surface area (Å²) < 4.78 is 39.8. The number of rotatable bonds is 13. The molecular formula is C31H39N3O6S. The van der Waals surface area contributed by atoms with Crippen molar-refractivity contribution in [2.24, 2.45) is 0 Å². The number of carbonyl (C=O) groups excluding carboxylic acids is 2. The van der Waals surface area contributed by atoms with E-state index in [2.05, 4.69) is 5.32 Å². The second kappa shape index (κ2) is 14.0. The van der Waals surface area contributed by atoms with E-state index < -0.39 is 28.5 Å². The highest BCUT2D eigenvalue weighted by Crippen LogP contribution is 2.32. The molecule has 0 aliphatic rings. The molecule has 3 aromatic carbocycles. The highest BCUT2D eigenvalue weighted by atomic mass is 32.2. The van der Waals surface area contributed by atoms with Crippen LogP contribution in [0, 0.1) is 13.8 Å². The fraction of sp³-hybridized carbons (Fsp3) is 0.355. The number of hydrogen-bond acceptors (Lipinski definition) is 6. The van der Waals surface area contributed by atoms with Gasteiger partial charge in [-0.25, -0.2) is 8.42 Å². The fourth-order valence-electron chi connectivity index (χ4n) is 4.21. The van der Waals surface area contributed by atoms with Gasteiger partial charge in [-0.3, -0.25) is 13.9 Å². The van der Waals surface area contributed by atoms with Crippen LogP contribution in [0.1, 0.15) is 37.0 Å². The average molecular weight is 582 g/mol. The van der Waals surface area contributed by atoms with Crippen LogP contribution in [0.2, 0.25) is 0 Å². The Kier molecular flexibility index (Phi) is 10.8. The molecule has 1 N–H and O–H groups in total. The van der Waals surface area contributed by atoms with Crippen LogP contribution < -0.4 is 19.1 Å². The largest absolute Gasteiger partial charge is 0.493 e. The van der Waals surface area contributed by atoms with Crippen molar-refractivity contribution in [1.29, 1.82) is 0 Å². The summed E-state index contributed by atoms with van der Waals surface area (Å²) in [5.74, 6) is -0.210. The third kappa shape index (κ3) is 7.79. The molecule has 0 aliphatic carbocycles. The molecule has 3 aromatic rings. The van der Waals surface area contributed by atoms with Crippen molar-refractivity contribution in [2.45, 2.75) is 51.6 Å². The maximum Gasteiger partial charge on any atom is 0.264 e. The van der Waals surface area contributed by atoms with Crippen molar-refractivity contribution >= 4 is 27.5 Å². The lowest BCUT2D eigenvalue weighted by Crippen LogP contribution is -2.51. The summed E-state index contributed by atoms with van der Waals surface area (Å²) in [5.41, 5.74) is 3.14. The predicted octanol–water partition coefficient (Wildman–Crippen LogP) is 4.46. The number of hydrogen-bond donors (Lipinski definition) is 1. The molecule has 10 heteroatoms. The maximum atomic E-state index is 14.1. The van der Waals surface area contributed by atoms with E-state index in [-0.39, 0.29) is 23.1 Å². The Morgan fingerprint density at radius 3 is 2.02 bits per heavy atom. The zero-order valence-corrected chi connectivity index (χ0v) is 25.3. The van der Waals surface area contributed by atoms with Crippen LogP contribution in [0.4, 0.5) is 5.69 Å². The van der Waals surface area contributed by atoms with Crippen LogP contribution in [0.15, 0.2) is 71.6 Å². The van der Waals surface area contributed by atoms with Crippen LogP contribution in [0.25, 0.3) is 0 Å². The van der Waals surface area contributed by atoms with Crippen molar-refractivity contribution in [1.82, 2.24) is 10.2 Å². The van der Waals surface area contributed by atoms with E-state index in [1.54, 1.807) is 31.2 Å². The Morgan fingerprint density at radius 1 is 0.878 bits per heavy atom. The number of methoxy groups -OCH3 is 2. The van der Waals surface area contributed by atoms with Crippen LogP contribution >= 0.6 is 0 Å². The van der Waals surface area contributed by atoms with E-state index in [4.69, 9.17) is 9.47 Å². The topological polar surface area (TPSA) is 105 Å². The molecule has 0 bridgehead atoms. The lowest BCUT2D eigenvalue weighted by molar-refractivity contribution is -0.139. The Morgan fingerprint density at radius 2 is 1.46 bits per heavy atom. The van der Waals surface area contributed by atoms with Crippen LogP contribution in [-0.2, 0) is 26.2 Å². The monoisotopic (exact) mass is 581 g/mol. The minimum Gasteiger partial charge on any atom is -0.493 e. The molecule has 0 saturated carbocycles. The van der Waals surface area contributed by atoms with Crippen molar-refractivity contribution < 1.29 is 27.5 Å². The normalized spacial score (nSPS) is 11.9. The molecule has 0 aromatic heterocycles. The smallest absolute Gasteiger partial charge is 0.264 e. The summed E-state index contributed by atoms with van der Waals surface area (Å²) in [6.07, 6.45) is 0.745. The van der Waals surface area contributed by atoms with Crippen LogP contribution in [0.5, 0.6) is 11.5 Å². The SMILES string of the molecule is CCCNC(=O)C(C)N(Cc1ccc(C)cc1)C(=O)CN(c1ccc(C)cc1)S(=O)(=O)c1ccc(OC)c(OC)c1. The van der Waals surface area contributed by atoms with Crippen molar-refractivity contribution in [3.8, 4) is 11.5 Å². The summed E-state index contributed by atoms with van der Waals surface area (Å²) in [6.45, 7) is 7.54. The molecule has 0 spiro atoms. The van der Waals surface area contributed by atoms with Gasteiger partial charge in [0.2, 0.25) is 11.8 Å². The number of nitrogens with one attached hydrogen (secondary N) is 1. The molecule has 0 heterocycles. The van der Waals surface area contributed by atoms with Gasteiger partial charge in [-0.05, 0) is 57.0 Å². The number of benzene rings is 3. The van der Waals surface area contributed by atoms with Gasteiger partial charge in [0.05, 0.1) is 24.8 Å². The van der Waals surface area contributed by atoms with E-state index in [0.29, 0.717) is 18.0 Å². The van der Waals surface area contributed by atoms with Crippen molar-refractivity contribution in [3.05, 3.63) is 83.4 Å². The second-order valence-corrected chi connectivity index (χ2v) is 11.7. The number of sulfonamides is 1. The third-order valence-corrected chi connectivity index (χ3v) is 8.50. The summed E-state index contributed by atoms with van der Waals surface area (Å²) in [4.78, 5) is 28.3. The number of ether oxygens (including phenoxy) is 2. The first-order valence-corrected chi connectivity index (χ1v) is 14.9. The Bertz CT molecular complexity index is 1440. The molecule has 0 aliphatic heterocycles. The molecule has 1 atom stereocenters. The van der Waals surface area contributed by atoms with Crippen LogP contribution in [-0.4, -0.2) is 58.5 Å². The number of amides is 2. The average Bonchev–Trinajstić information content (AvgIpc) is 2.97. The molecule has 1 unspecified atom stereocenters. The Balaban J connectivity index is 2.05. The molecule has 0 radical (unpaired) electrons. The molecular weight excluding hydrogens is 542 g/mol. The van der Waals surface area contributed by atoms with Gasteiger partial charge in [-0.1, -0.05) is 54.4 Å². The van der Waals surface area contributed by atoms with Crippen molar-refractivity contribution in [3.63, 3.8) is 0 Å². The van der Waals surface area contributed by atoms with Gasteiger partial charge in [-0.2, -0.15) is 0 Å². The fourth-order valence-corrected chi connectivity index (χ4v) is 5.64. The van der Waals surface area contributed by atoms with E-state index in [9.17, 15) is 18.0 Å². The molecule has 9 nitrogen and oxygen atoms in total. The first-order valence-electron chi connectivity index (χ1n) is 13.5. The Hall–Kier alpha value is -4.05. The molecule has 0 saturated heterocycles. The quantitative estimate of drug-likeness (QED) is 0.320. The van der Waals surface area contributed by atoms with Crippen LogP contribution in [0.3, 0.4) is 0 Å². The number of carbonyl (C=O) groups is 2. The van der Waals surface area contributed by atoms with Gasteiger partial charge in [0, 0.05) is 19.2 Å².